The Kier molecular flexibility index (Phi) is 31.7. The first kappa shape index (κ1) is 54.5. The predicted molar refractivity (Wildman–Crippen MR) is 232 cm³/mol. The van der Waals surface area contributed by atoms with Gasteiger partial charge in [0.1, 0.15) is 11.5 Å². The maximum Gasteiger partial charge on any atom is 0.118 e. The van der Waals surface area contributed by atoms with Gasteiger partial charge >= 0.3 is 0 Å². The average molecular weight is 804 g/mol. The number of ether oxygens (including phenoxy) is 4. The Morgan fingerprint density at radius 1 is 0.556 bits per heavy atom. The Morgan fingerprint density at radius 3 is 1.17 bits per heavy atom. The van der Waals surface area contributed by atoms with Crippen molar-refractivity contribution in [2.24, 2.45) is 11.8 Å². The summed E-state index contributed by atoms with van der Waals surface area (Å²) >= 11 is 0. The van der Waals surface area contributed by atoms with E-state index < -0.39 is 12.2 Å². The summed E-state index contributed by atoms with van der Waals surface area (Å²) in [5.41, 5.74) is 2.30. The van der Waals surface area contributed by atoms with Gasteiger partial charge in [-0.25, -0.2) is 0 Å². The molecule has 0 heterocycles. The van der Waals surface area contributed by atoms with Crippen LogP contribution in [-0.2, 0) is 22.3 Å². The second-order valence-corrected chi connectivity index (χ2v) is 15.8. The third-order valence-corrected chi connectivity index (χ3v) is 9.66. The zero-order valence-electron chi connectivity index (χ0n) is 35.6. The van der Waals surface area contributed by atoms with Gasteiger partial charge in [0.2, 0.25) is 0 Å². The van der Waals surface area contributed by atoms with Crippen LogP contribution in [0.5, 0.6) is 11.5 Å². The number of benzene rings is 2. The largest absolute Gasteiger partial charge is 0.497 e. The molecule has 10 heteroatoms. The molecule has 2 aromatic rings. The van der Waals surface area contributed by atoms with Crippen molar-refractivity contribution in [2.45, 2.75) is 143 Å². The number of aliphatic hydroxyl groups excluding tert-OH is 2. The van der Waals surface area contributed by atoms with E-state index in [9.17, 15) is 10.2 Å². The minimum absolute atomic E-state index is 0. The van der Waals surface area contributed by atoms with E-state index in [1.54, 1.807) is 14.2 Å². The number of hydrogen-bond donors (Lipinski definition) is 4. The van der Waals surface area contributed by atoms with Crippen LogP contribution in [0.25, 0.3) is 0 Å². The van der Waals surface area contributed by atoms with Crippen LogP contribution < -0.4 is 20.1 Å². The van der Waals surface area contributed by atoms with Crippen LogP contribution in [0.4, 0.5) is 0 Å². The highest BCUT2D eigenvalue weighted by molar-refractivity contribution is 5.85. The maximum absolute atomic E-state index is 10.2. The quantitative estimate of drug-likeness (QED) is 0.0676. The molecule has 0 bridgehead atoms. The molecular weight excluding hydrogens is 723 g/mol. The molecule has 0 amide bonds. The normalized spacial score (nSPS) is 13.7. The van der Waals surface area contributed by atoms with Gasteiger partial charge in [0.15, 0.2) is 0 Å². The molecule has 2 unspecified atom stereocenters. The SMILES string of the molecule is CCCCC(CC)COC[C@@H](O)CNC(C)(C)Cc1ccc(OC)cc1.CCCCC(CC)COC[C@H](O)CNC(C)(C)Cc1ccc(OC)cc1.Cl.Cl. The van der Waals surface area contributed by atoms with Crippen molar-refractivity contribution in [2.75, 3.05) is 53.7 Å². The molecular formula is C44H80Cl2N2O6. The first-order chi connectivity index (χ1) is 24.8. The number of rotatable bonds is 28. The van der Waals surface area contributed by atoms with Crippen molar-refractivity contribution in [3.63, 3.8) is 0 Å². The van der Waals surface area contributed by atoms with Crippen molar-refractivity contribution >= 4 is 24.8 Å². The van der Waals surface area contributed by atoms with Gasteiger partial charge in [-0.2, -0.15) is 0 Å². The summed E-state index contributed by atoms with van der Waals surface area (Å²) in [6.07, 6.45) is 10.5. The molecule has 316 valence electrons. The topological polar surface area (TPSA) is 101 Å². The van der Waals surface area contributed by atoms with E-state index >= 15 is 0 Å². The molecule has 2 aromatic carbocycles. The molecule has 0 aliphatic rings. The number of β-amino-alcohol motifs (C(OH)–C–C–N with tert-alkyl or cyclic N) is 2. The third kappa shape index (κ3) is 26.3. The van der Waals surface area contributed by atoms with Crippen LogP contribution in [0.1, 0.15) is 118 Å². The summed E-state index contributed by atoms with van der Waals surface area (Å²) in [7, 11) is 3.35. The van der Waals surface area contributed by atoms with Gasteiger partial charge in [-0.1, -0.05) is 90.5 Å². The average Bonchev–Trinajstić information content (AvgIpc) is 3.13. The van der Waals surface area contributed by atoms with E-state index in [1.165, 1.54) is 49.7 Å². The van der Waals surface area contributed by atoms with Crippen LogP contribution >= 0.6 is 24.8 Å². The Balaban J connectivity index is 0. The first-order valence-electron chi connectivity index (χ1n) is 20.1. The number of halogens is 2. The Bertz CT molecular complexity index is 1050. The summed E-state index contributed by atoms with van der Waals surface area (Å²) in [6.45, 7) is 20.9. The molecule has 0 radical (unpaired) electrons. The van der Waals surface area contributed by atoms with Crippen LogP contribution in [0, 0.1) is 11.8 Å². The fourth-order valence-corrected chi connectivity index (χ4v) is 6.08. The van der Waals surface area contributed by atoms with E-state index in [0.29, 0.717) is 38.1 Å². The predicted octanol–water partition coefficient (Wildman–Crippen LogP) is 9.24. The molecule has 0 saturated carbocycles. The zero-order valence-corrected chi connectivity index (χ0v) is 37.2. The van der Waals surface area contributed by atoms with E-state index in [4.69, 9.17) is 18.9 Å². The molecule has 0 aromatic heterocycles. The van der Waals surface area contributed by atoms with Crippen molar-refractivity contribution in [1.82, 2.24) is 10.6 Å². The highest BCUT2D eigenvalue weighted by Crippen LogP contribution is 2.19. The summed E-state index contributed by atoms with van der Waals surface area (Å²) in [5, 5.41) is 27.3. The highest BCUT2D eigenvalue weighted by Gasteiger charge is 2.21. The standard InChI is InChI=1S/2C22H39NO3.2ClH/c2*1-6-8-9-18(7-2)16-26-17-20(24)15-23-22(3,4)14-19-10-12-21(25-5)13-11-19;;/h2*10-13,18,20,23-24H,6-9,14-17H2,1-5H3;2*1H/t2*18?,20-;;/m10../s1. The second-order valence-electron chi connectivity index (χ2n) is 15.8. The Hall–Kier alpha value is -1.62. The molecule has 0 saturated heterocycles. The number of aliphatic hydroxyl groups is 2. The molecule has 0 aliphatic heterocycles. The van der Waals surface area contributed by atoms with Crippen LogP contribution in [-0.4, -0.2) is 87.2 Å². The lowest BCUT2D eigenvalue weighted by Gasteiger charge is -2.28. The summed E-state index contributed by atoms with van der Waals surface area (Å²) in [4.78, 5) is 0. The number of unbranched alkanes of at least 4 members (excludes halogenated alkanes) is 2. The lowest BCUT2D eigenvalue weighted by molar-refractivity contribution is 0.0167. The fourth-order valence-electron chi connectivity index (χ4n) is 6.08. The molecule has 0 fully saturated rings. The molecule has 2 rings (SSSR count). The van der Waals surface area contributed by atoms with E-state index in [2.05, 4.69) is 90.3 Å². The lowest BCUT2D eigenvalue weighted by Crippen LogP contribution is -2.46. The number of nitrogens with one attached hydrogen (secondary N) is 2. The maximum atomic E-state index is 10.2. The van der Waals surface area contributed by atoms with E-state index in [0.717, 1.165) is 50.4 Å². The van der Waals surface area contributed by atoms with Gasteiger partial charge in [0, 0.05) is 37.4 Å². The molecule has 4 atom stereocenters. The first-order valence-corrected chi connectivity index (χ1v) is 20.1. The van der Waals surface area contributed by atoms with Crippen molar-refractivity contribution < 1.29 is 29.2 Å². The van der Waals surface area contributed by atoms with Crippen LogP contribution in [0.15, 0.2) is 48.5 Å². The van der Waals surface area contributed by atoms with Gasteiger partial charge in [-0.05, 0) is 101 Å². The summed E-state index contributed by atoms with van der Waals surface area (Å²) in [5.74, 6) is 2.97. The molecule has 54 heavy (non-hydrogen) atoms. The minimum atomic E-state index is -0.478. The van der Waals surface area contributed by atoms with Crippen molar-refractivity contribution in [3.8, 4) is 11.5 Å². The Labute approximate surface area is 343 Å². The number of hydrogen-bond acceptors (Lipinski definition) is 8. The molecule has 8 nitrogen and oxygen atoms in total. The van der Waals surface area contributed by atoms with Gasteiger partial charge in [-0.3, -0.25) is 0 Å². The smallest absolute Gasteiger partial charge is 0.118 e. The van der Waals surface area contributed by atoms with Crippen LogP contribution in [0.3, 0.4) is 0 Å². The third-order valence-electron chi connectivity index (χ3n) is 9.66. The molecule has 0 aliphatic carbocycles. The number of methoxy groups -OCH3 is 2. The lowest BCUT2D eigenvalue weighted by atomic mass is 9.94. The summed E-state index contributed by atoms with van der Waals surface area (Å²) < 4.78 is 21.9. The highest BCUT2D eigenvalue weighted by atomic mass is 35.5. The zero-order chi connectivity index (χ0) is 38.8. The minimum Gasteiger partial charge on any atom is -0.497 e. The van der Waals surface area contributed by atoms with Gasteiger partial charge in [0.05, 0.1) is 39.6 Å². The van der Waals surface area contributed by atoms with E-state index in [-0.39, 0.29) is 35.9 Å². The summed E-state index contributed by atoms with van der Waals surface area (Å²) in [6, 6.07) is 16.3. The van der Waals surface area contributed by atoms with Gasteiger partial charge in [-0.15, -0.1) is 24.8 Å². The van der Waals surface area contributed by atoms with Crippen molar-refractivity contribution in [3.05, 3.63) is 59.7 Å². The van der Waals surface area contributed by atoms with Gasteiger partial charge in [0.25, 0.3) is 0 Å². The monoisotopic (exact) mass is 803 g/mol. The van der Waals surface area contributed by atoms with Crippen molar-refractivity contribution in [1.29, 1.82) is 0 Å². The van der Waals surface area contributed by atoms with E-state index in [1.807, 2.05) is 24.3 Å². The Morgan fingerprint density at radius 2 is 0.889 bits per heavy atom. The molecule has 4 N–H and O–H groups in total. The van der Waals surface area contributed by atoms with Gasteiger partial charge < -0.3 is 39.8 Å². The van der Waals surface area contributed by atoms with Crippen LogP contribution in [0.2, 0.25) is 0 Å². The fraction of sp³-hybridized carbons (Fsp3) is 0.727. The second kappa shape index (κ2) is 31.5. The molecule has 0 spiro atoms.